The van der Waals surface area contributed by atoms with Gasteiger partial charge in [0.25, 0.3) is 5.91 Å². The van der Waals surface area contributed by atoms with Crippen LogP contribution >= 0.6 is 0 Å². The summed E-state index contributed by atoms with van der Waals surface area (Å²) in [6, 6.07) is 9.93. The number of carbonyl (C=O) groups is 2. The third-order valence-electron chi connectivity index (χ3n) is 2.96. The lowest BCUT2D eigenvalue weighted by Crippen LogP contribution is -2.16. The molecule has 0 aromatic heterocycles. The fourth-order valence-electron chi connectivity index (χ4n) is 1.84. The summed E-state index contributed by atoms with van der Waals surface area (Å²) in [5.41, 5.74) is 5.44. The summed E-state index contributed by atoms with van der Waals surface area (Å²) in [5.74, 6) is -1.14. The van der Waals surface area contributed by atoms with E-state index in [1.165, 1.54) is 13.2 Å². The Morgan fingerprint density at radius 2 is 1.95 bits per heavy atom. The Hall–Kier alpha value is -2.89. The lowest BCUT2D eigenvalue weighted by atomic mass is 10.1. The van der Waals surface area contributed by atoms with Crippen molar-refractivity contribution >= 4 is 11.7 Å². The van der Waals surface area contributed by atoms with Crippen molar-refractivity contribution < 1.29 is 23.5 Å². The molecule has 6 heteroatoms. The molecule has 0 saturated heterocycles. The van der Waals surface area contributed by atoms with Crippen LogP contribution in [0.15, 0.2) is 42.5 Å². The van der Waals surface area contributed by atoms with Gasteiger partial charge in [0.05, 0.1) is 12.7 Å². The number of halogens is 1. The van der Waals surface area contributed by atoms with Gasteiger partial charge >= 0.3 is 0 Å². The van der Waals surface area contributed by atoms with E-state index < -0.39 is 11.7 Å². The number of Topliss-reactive ketones (excluding diaryl/α,β-unsaturated/α-hetero) is 1. The second-order valence-electron chi connectivity index (χ2n) is 4.45. The summed E-state index contributed by atoms with van der Waals surface area (Å²) < 4.78 is 23.4. The molecule has 0 bridgehead atoms. The minimum absolute atomic E-state index is 0.0603. The van der Waals surface area contributed by atoms with E-state index in [1.807, 2.05) is 0 Å². The average molecular weight is 303 g/mol. The third kappa shape index (κ3) is 3.60. The molecule has 0 radical (unpaired) electrons. The van der Waals surface area contributed by atoms with E-state index in [2.05, 4.69) is 0 Å². The first kappa shape index (κ1) is 15.5. The molecule has 0 atom stereocenters. The highest BCUT2D eigenvalue weighted by molar-refractivity contribution is 5.98. The molecule has 2 N–H and O–H groups in total. The van der Waals surface area contributed by atoms with Gasteiger partial charge in [-0.3, -0.25) is 9.59 Å². The molecule has 0 aliphatic rings. The molecule has 2 rings (SSSR count). The van der Waals surface area contributed by atoms with Gasteiger partial charge in [-0.1, -0.05) is 12.1 Å². The topological polar surface area (TPSA) is 78.6 Å². The summed E-state index contributed by atoms with van der Waals surface area (Å²) in [6.45, 7) is -0.306. The number of ether oxygens (including phenoxy) is 2. The van der Waals surface area contributed by atoms with E-state index in [4.69, 9.17) is 15.2 Å². The second-order valence-corrected chi connectivity index (χ2v) is 4.45. The Kier molecular flexibility index (Phi) is 4.73. The number of methoxy groups -OCH3 is 1. The molecule has 0 aliphatic carbocycles. The maximum Gasteiger partial charge on any atom is 0.252 e. The molecule has 0 spiro atoms. The van der Waals surface area contributed by atoms with Crippen molar-refractivity contribution in [1.29, 1.82) is 0 Å². The molecule has 114 valence electrons. The van der Waals surface area contributed by atoms with E-state index in [-0.39, 0.29) is 23.7 Å². The van der Waals surface area contributed by atoms with E-state index >= 15 is 0 Å². The molecule has 1 amide bonds. The summed E-state index contributed by atoms with van der Waals surface area (Å²) in [5, 5.41) is 0. The standard InChI is InChI=1S/C16H14FNO4/c1-21-12-4-2-3-10(7-12)14(19)9-22-15-6-5-11(17)8-13(15)16(18)20/h2-8H,9H2,1H3,(H2,18,20). The predicted octanol–water partition coefficient (Wildman–Crippen LogP) is 2.19. The van der Waals surface area contributed by atoms with Crippen molar-refractivity contribution in [3.8, 4) is 11.5 Å². The molecule has 0 aliphatic heterocycles. The number of amides is 1. The van der Waals surface area contributed by atoms with Crippen molar-refractivity contribution in [2.24, 2.45) is 5.73 Å². The summed E-state index contributed by atoms with van der Waals surface area (Å²) in [6.07, 6.45) is 0. The Bertz CT molecular complexity index is 715. The Labute approximate surface area is 126 Å². The summed E-state index contributed by atoms with van der Waals surface area (Å²) >= 11 is 0. The second kappa shape index (κ2) is 6.71. The number of ketones is 1. The van der Waals surface area contributed by atoms with Crippen LogP contribution in [-0.2, 0) is 0 Å². The highest BCUT2D eigenvalue weighted by Gasteiger charge is 2.13. The number of hydrogen-bond donors (Lipinski definition) is 1. The zero-order valence-electron chi connectivity index (χ0n) is 11.8. The quantitative estimate of drug-likeness (QED) is 0.830. The van der Waals surface area contributed by atoms with Gasteiger partial charge in [0, 0.05) is 5.56 Å². The van der Waals surface area contributed by atoms with Crippen molar-refractivity contribution in [2.45, 2.75) is 0 Å². The smallest absolute Gasteiger partial charge is 0.252 e. The molecule has 0 fully saturated rings. The first-order valence-corrected chi connectivity index (χ1v) is 6.40. The van der Waals surface area contributed by atoms with Gasteiger partial charge in [0.15, 0.2) is 12.4 Å². The normalized spacial score (nSPS) is 10.1. The largest absolute Gasteiger partial charge is 0.497 e. The zero-order chi connectivity index (χ0) is 16.1. The van der Waals surface area contributed by atoms with Gasteiger partial charge in [-0.25, -0.2) is 4.39 Å². The molecule has 0 saturated carbocycles. The van der Waals surface area contributed by atoms with E-state index in [9.17, 15) is 14.0 Å². The van der Waals surface area contributed by atoms with Crippen molar-refractivity contribution in [1.82, 2.24) is 0 Å². The first-order chi connectivity index (χ1) is 10.5. The van der Waals surface area contributed by atoms with Gasteiger partial charge in [-0.15, -0.1) is 0 Å². The fourth-order valence-corrected chi connectivity index (χ4v) is 1.84. The van der Waals surface area contributed by atoms with Gasteiger partial charge in [-0.05, 0) is 30.3 Å². The monoisotopic (exact) mass is 303 g/mol. The van der Waals surface area contributed by atoms with E-state index in [1.54, 1.807) is 24.3 Å². The van der Waals surface area contributed by atoms with Gasteiger partial charge in [0.2, 0.25) is 0 Å². The summed E-state index contributed by atoms with van der Waals surface area (Å²) in [7, 11) is 1.50. The van der Waals surface area contributed by atoms with E-state index in [0.29, 0.717) is 11.3 Å². The number of primary amides is 1. The molecule has 2 aromatic carbocycles. The zero-order valence-corrected chi connectivity index (χ0v) is 11.8. The van der Waals surface area contributed by atoms with Crippen LogP contribution in [0.25, 0.3) is 0 Å². The number of carbonyl (C=O) groups excluding carboxylic acids is 2. The Morgan fingerprint density at radius 1 is 1.18 bits per heavy atom. The highest BCUT2D eigenvalue weighted by atomic mass is 19.1. The predicted molar refractivity (Wildman–Crippen MR) is 77.7 cm³/mol. The third-order valence-corrected chi connectivity index (χ3v) is 2.96. The minimum atomic E-state index is -0.830. The number of benzene rings is 2. The first-order valence-electron chi connectivity index (χ1n) is 6.40. The SMILES string of the molecule is COc1cccc(C(=O)COc2ccc(F)cc2C(N)=O)c1. The van der Waals surface area contributed by atoms with Crippen LogP contribution < -0.4 is 15.2 Å². The maximum absolute atomic E-state index is 13.1. The van der Waals surface area contributed by atoms with Crippen LogP contribution in [-0.4, -0.2) is 25.4 Å². The Balaban J connectivity index is 2.12. The average Bonchev–Trinajstić information content (AvgIpc) is 2.53. The minimum Gasteiger partial charge on any atom is -0.497 e. The Morgan fingerprint density at radius 3 is 2.64 bits per heavy atom. The lowest BCUT2D eigenvalue weighted by Gasteiger charge is -2.09. The van der Waals surface area contributed by atoms with Crippen LogP contribution in [0, 0.1) is 5.82 Å². The molecule has 0 heterocycles. The highest BCUT2D eigenvalue weighted by Crippen LogP contribution is 2.20. The summed E-state index contributed by atoms with van der Waals surface area (Å²) in [4.78, 5) is 23.3. The van der Waals surface area contributed by atoms with Crippen LogP contribution in [0.2, 0.25) is 0 Å². The van der Waals surface area contributed by atoms with Crippen molar-refractivity contribution in [2.75, 3.05) is 13.7 Å². The van der Waals surface area contributed by atoms with Crippen LogP contribution in [0.1, 0.15) is 20.7 Å². The number of nitrogens with two attached hydrogens (primary N) is 1. The molecular formula is C16H14FNO4. The molecule has 0 unspecified atom stereocenters. The van der Waals surface area contributed by atoms with Crippen molar-refractivity contribution in [3.63, 3.8) is 0 Å². The van der Waals surface area contributed by atoms with Gasteiger partial charge < -0.3 is 15.2 Å². The maximum atomic E-state index is 13.1. The molecule has 2 aromatic rings. The van der Waals surface area contributed by atoms with E-state index in [0.717, 1.165) is 12.1 Å². The van der Waals surface area contributed by atoms with Crippen LogP contribution in [0.5, 0.6) is 11.5 Å². The number of rotatable bonds is 6. The molecule has 22 heavy (non-hydrogen) atoms. The van der Waals surface area contributed by atoms with Crippen LogP contribution in [0.3, 0.4) is 0 Å². The lowest BCUT2D eigenvalue weighted by molar-refractivity contribution is 0.0911. The molecule has 5 nitrogen and oxygen atoms in total. The van der Waals surface area contributed by atoms with Crippen LogP contribution in [0.4, 0.5) is 4.39 Å². The van der Waals surface area contributed by atoms with Gasteiger partial charge in [-0.2, -0.15) is 0 Å². The molecular weight excluding hydrogens is 289 g/mol. The number of hydrogen-bond acceptors (Lipinski definition) is 4. The van der Waals surface area contributed by atoms with Gasteiger partial charge in [0.1, 0.15) is 17.3 Å². The van der Waals surface area contributed by atoms with Crippen molar-refractivity contribution in [3.05, 3.63) is 59.4 Å². The fraction of sp³-hybridized carbons (Fsp3) is 0.125.